The topological polar surface area (TPSA) is 64.9 Å². The molecule has 0 unspecified atom stereocenters. The highest BCUT2D eigenvalue weighted by Crippen LogP contribution is 2.16. The van der Waals surface area contributed by atoms with Crippen molar-refractivity contribution >= 4 is 11.8 Å². The van der Waals surface area contributed by atoms with Crippen molar-refractivity contribution in [3.8, 4) is 0 Å². The van der Waals surface area contributed by atoms with Crippen LogP contribution in [0.4, 0.5) is 0 Å². The van der Waals surface area contributed by atoms with Gasteiger partial charge in [0.1, 0.15) is 0 Å². The number of benzene rings is 1. The lowest BCUT2D eigenvalue weighted by Gasteiger charge is -2.03. The zero-order chi connectivity index (χ0) is 14.4. The summed E-state index contributed by atoms with van der Waals surface area (Å²) in [6.45, 7) is 4.94. The monoisotopic (exact) mass is 291 g/mol. The van der Waals surface area contributed by atoms with Crippen LogP contribution in [0.15, 0.2) is 28.8 Å². The Morgan fingerprint density at radius 3 is 2.70 bits per heavy atom. The summed E-state index contributed by atoms with van der Waals surface area (Å²) >= 11 is 1.84. The van der Waals surface area contributed by atoms with Gasteiger partial charge in [-0.2, -0.15) is 16.7 Å². The first-order chi connectivity index (χ1) is 9.69. The number of thioether (sulfide) groups is 1. The van der Waals surface area contributed by atoms with Gasteiger partial charge in [0.25, 0.3) is 0 Å². The molecular formula is C15H21N3OS. The maximum Gasteiger partial charge on any atom is 0.231 e. The first-order valence-electron chi connectivity index (χ1n) is 6.85. The van der Waals surface area contributed by atoms with E-state index in [0.29, 0.717) is 24.8 Å². The van der Waals surface area contributed by atoms with Gasteiger partial charge in [0, 0.05) is 6.54 Å². The molecule has 5 heteroatoms. The predicted molar refractivity (Wildman–Crippen MR) is 82.4 cm³/mol. The maximum absolute atomic E-state index is 5.73. The first kappa shape index (κ1) is 15.1. The fourth-order valence-corrected chi connectivity index (χ4v) is 2.79. The molecule has 0 radical (unpaired) electrons. The van der Waals surface area contributed by atoms with Crippen molar-refractivity contribution in [2.45, 2.75) is 32.6 Å². The van der Waals surface area contributed by atoms with E-state index in [9.17, 15) is 0 Å². The summed E-state index contributed by atoms with van der Waals surface area (Å²) in [6.07, 6.45) is 0.648. The second-order valence-electron chi connectivity index (χ2n) is 5.16. The van der Waals surface area contributed by atoms with Crippen LogP contribution in [0.1, 0.15) is 36.7 Å². The number of nitrogens with zero attached hydrogens (tertiary/aromatic N) is 2. The molecule has 20 heavy (non-hydrogen) atoms. The number of hydrogen-bond donors (Lipinski definition) is 1. The second kappa shape index (κ2) is 7.45. The highest BCUT2D eigenvalue weighted by Gasteiger charge is 2.09. The van der Waals surface area contributed by atoms with E-state index in [4.69, 9.17) is 10.3 Å². The summed E-state index contributed by atoms with van der Waals surface area (Å²) in [7, 11) is 0. The number of nitrogens with two attached hydrogens (primary N) is 1. The van der Waals surface area contributed by atoms with Crippen LogP contribution < -0.4 is 5.73 Å². The van der Waals surface area contributed by atoms with E-state index in [1.807, 2.05) is 30.0 Å². The maximum atomic E-state index is 5.73. The van der Waals surface area contributed by atoms with E-state index in [-0.39, 0.29) is 0 Å². The molecule has 0 aliphatic rings. The van der Waals surface area contributed by atoms with Crippen LogP contribution >= 0.6 is 11.8 Å². The molecule has 4 nitrogen and oxygen atoms in total. The van der Waals surface area contributed by atoms with E-state index in [1.54, 1.807) is 0 Å². The van der Waals surface area contributed by atoms with Gasteiger partial charge < -0.3 is 10.3 Å². The van der Waals surface area contributed by atoms with E-state index in [2.05, 4.69) is 30.1 Å². The molecule has 1 aromatic carbocycles. The van der Waals surface area contributed by atoms with Gasteiger partial charge in [0.05, 0.1) is 12.2 Å². The Morgan fingerprint density at radius 1 is 1.25 bits per heavy atom. The van der Waals surface area contributed by atoms with Crippen LogP contribution in [-0.2, 0) is 18.7 Å². The average Bonchev–Trinajstić information content (AvgIpc) is 2.86. The van der Waals surface area contributed by atoms with Gasteiger partial charge in [0.15, 0.2) is 5.82 Å². The zero-order valence-electron chi connectivity index (χ0n) is 12.0. The third-order valence-electron chi connectivity index (χ3n) is 2.87. The van der Waals surface area contributed by atoms with Crippen molar-refractivity contribution in [2.75, 3.05) is 5.75 Å². The SMILES string of the molecule is CC(C)CSCc1noc(Cc2ccccc2CN)n1. The third kappa shape index (κ3) is 4.35. The number of rotatable bonds is 7. The summed E-state index contributed by atoms with van der Waals surface area (Å²) in [5.41, 5.74) is 8.01. The fraction of sp³-hybridized carbons (Fsp3) is 0.467. The van der Waals surface area contributed by atoms with Gasteiger partial charge in [-0.3, -0.25) is 0 Å². The third-order valence-corrected chi connectivity index (χ3v) is 4.24. The van der Waals surface area contributed by atoms with Crippen molar-refractivity contribution in [1.82, 2.24) is 10.1 Å². The highest BCUT2D eigenvalue weighted by molar-refractivity contribution is 7.98. The molecule has 0 saturated heterocycles. The van der Waals surface area contributed by atoms with E-state index >= 15 is 0 Å². The zero-order valence-corrected chi connectivity index (χ0v) is 12.8. The molecule has 2 aromatic rings. The molecule has 0 spiro atoms. The summed E-state index contributed by atoms with van der Waals surface area (Å²) < 4.78 is 5.31. The van der Waals surface area contributed by atoms with Crippen LogP contribution in [0.2, 0.25) is 0 Å². The second-order valence-corrected chi connectivity index (χ2v) is 6.19. The quantitative estimate of drug-likeness (QED) is 0.849. The van der Waals surface area contributed by atoms with Crippen LogP contribution in [0.5, 0.6) is 0 Å². The Hall–Kier alpha value is -1.33. The summed E-state index contributed by atoms with van der Waals surface area (Å²) in [5.74, 6) is 4.03. The van der Waals surface area contributed by atoms with E-state index < -0.39 is 0 Å². The van der Waals surface area contributed by atoms with Crippen molar-refractivity contribution in [1.29, 1.82) is 0 Å². The van der Waals surface area contributed by atoms with Crippen molar-refractivity contribution in [2.24, 2.45) is 11.7 Å². The van der Waals surface area contributed by atoms with Crippen molar-refractivity contribution < 1.29 is 4.52 Å². The van der Waals surface area contributed by atoms with E-state index in [0.717, 1.165) is 28.5 Å². The molecule has 0 fully saturated rings. The molecule has 0 atom stereocenters. The first-order valence-corrected chi connectivity index (χ1v) is 8.00. The lowest BCUT2D eigenvalue weighted by atomic mass is 10.0. The summed E-state index contributed by atoms with van der Waals surface area (Å²) in [4.78, 5) is 4.44. The minimum atomic E-state index is 0.529. The van der Waals surface area contributed by atoms with Gasteiger partial charge >= 0.3 is 0 Å². The molecule has 2 N–H and O–H groups in total. The molecule has 2 rings (SSSR count). The Balaban J connectivity index is 1.95. The van der Waals surface area contributed by atoms with Gasteiger partial charge in [0.2, 0.25) is 5.89 Å². The van der Waals surface area contributed by atoms with Crippen LogP contribution in [-0.4, -0.2) is 15.9 Å². The Kier molecular flexibility index (Phi) is 5.61. The molecule has 0 amide bonds. The summed E-state index contributed by atoms with van der Waals surface area (Å²) in [6, 6.07) is 8.09. The van der Waals surface area contributed by atoms with Crippen LogP contribution in [0, 0.1) is 5.92 Å². The van der Waals surface area contributed by atoms with Crippen LogP contribution in [0.25, 0.3) is 0 Å². The minimum absolute atomic E-state index is 0.529. The van der Waals surface area contributed by atoms with Crippen LogP contribution in [0.3, 0.4) is 0 Å². The standard InChI is InChI=1S/C15H21N3OS/c1-11(2)9-20-10-14-17-15(19-18-14)7-12-5-3-4-6-13(12)8-16/h3-6,11H,7-10,16H2,1-2H3. The number of hydrogen-bond acceptors (Lipinski definition) is 5. The molecule has 0 saturated carbocycles. The molecule has 0 aliphatic heterocycles. The summed E-state index contributed by atoms with van der Waals surface area (Å²) in [5, 5.41) is 4.03. The van der Waals surface area contributed by atoms with Crippen molar-refractivity contribution in [3.63, 3.8) is 0 Å². The largest absolute Gasteiger partial charge is 0.339 e. The number of aromatic nitrogens is 2. The smallest absolute Gasteiger partial charge is 0.231 e. The lowest BCUT2D eigenvalue weighted by Crippen LogP contribution is -2.02. The van der Waals surface area contributed by atoms with Gasteiger partial charge in [-0.05, 0) is 22.8 Å². The Labute approximate surface area is 124 Å². The lowest BCUT2D eigenvalue weighted by molar-refractivity contribution is 0.380. The highest BCUT2D eigenvalue weighted by atomic mass is 32.2. The molecule has 1 heterocycles. The molecule has 0 aliphatic carbocycles. The van der Waals surface area contributed by atoms with Crippen molar-refractivity contribution in [3.05, 3.63) is 47.1 Å². The predicted octanol–water partition coefficient (Wildman–Crippen LogP) is 3.01. The van der Waals surface area contributed by atoms with Gasteiger partial charge in [-0.25, -0.2) is 0 Å². The molecule has 1 aromatic heterocycles. The van der Waals surface area contributed by atoms with Gasteiger partial charge in [-0.15, -0.1) is 0 Å². The molecule has 0 bridgehead atoms. The Bertz CT molecular complexity index is 539. The Morgan fingerprint density at radius 2 is 2.00 bits per heavy atom. The normalized spacial score (nSPS) is 11.2. The fourth-order valence-electron chi connectivity index (χ4n) is 1.90. The minimum Gasteiger partial charge on any atom is -0.339 e. The average molecular weight is 291 g/mol. The molecular weight excluding hydrogens is 270 g/mol. The van der Waals surface area contributed by atoms with E-state index in [1.165, 1.54) is 0 Å². The van der Waals surface area contributed by atoms with Gasteiger partial charge in [-0.1, -0.05) is 43.3 Å². The molecule has 108 valence electrons.